The fourth-order valence-corrected chi connectivity index (χ4v) is 2.94. The zero-order valence-electron chi connectivity index (χ0n) is 16.8. The van der Waals surface area contributed by atoms with Crippen molar-refractivity contribution in [3.8, 4) is 5.75 Å². The van der Waals surface area contributed by atoms with E-state index in [4.69, 9.17) is 9.47 Å². The van der Waals surface area contributed by atoms with Gasteiger partial charge >= 0.3 is 5.97 Å². The van der Waals surface area contributed by atoms with Gasteiger partial charge in [-0.15, -0.1) is 0 Å². The highest BCUT2D eigenvalue weighted by atomic mass is 16.6. The molecule has 0 saturated heterocycles. The molecule has 0 unspecified atom stereocenters. The van der Waals surface area contributed by atoms with Crippen molar-refractivity contribution in [1.29, 1.82) is 0 Å². The number of rotatable bonds is 10. The molecule has 0 spiro atoms. The molecular formula is C25H25NO4. The van der Waals surface area contributed by atoms with Gasteiger partial charge in [-0.3, -0.25) is 4.79 Å². The van der Waals surface area contributed by atoms with Crippen LogP contribution in [0.4, 0.5) is 5.69 Å². The highest BCUT2D eigenvalue weighted by molar-refractivity contribution is 5.93. The van der Waals surface area contributed by atoms with E-state index in [0.29, 0.717) is 18.7 Å². The summed E-state index contributed by atoms with van der Waals surface area (Å²) >= 11 is 0. The number of carbonyl (C=O) groups is 2. The molecule has 5 heteroatoms. The summed E-state index contributed by atoms with van der Waals surface area (Å²) in [6.45, 7) is 0.521. The molecule has 0 N–H and O–H groups in total. The van der Waals surface area contributed by atoms with Crippen LogP contribution in [0.1, 0.15) is 18.4 Å². The van der Waals surface area contributed by atoms with Crippen molar-refractivity contribution in [2.75, 3.05) is 18.1 Å². The second kappa shape index (κ2) is 11.4. The zero-order valence-corrected chi connectivity index (χ0v) is 16.8. The fourth-order valence-electron chi connectivity index (χ4n) is 2.94. The molecule has 0 radical (unpaired) electrons. The highest BCUT2D eigenvalue weighted by Gasteiger charge is 2.16. The molecule has 0 aliphatic carbocycles. The zero-order chi connectivity index (χ0) is 21.0. The minimum absolute atomic E-state index is 0.0124. The molecule has 30 heavy (non-hydrogen) atoms. The predicted molar refractivity (Wildman–Crippen MR) is 116 cm³/mol. The van der Waals surface area contributed by atoms with E-state index in [9.17, 15) is 9.59 Å². The highest BCUT2D eigenvalue weighted by Crippen LogP contribution is 2.18. The van der Waals surface area contributed by atoms with Gasteiger partial charge in [-0.1, -0.05) is 66.7 Å². The summed E-state index contributed by atoms with van der Waals surface area (Å²) in [5.41, 5.74) is 1.90. The van der Waals surface area contributed by atoms with E-state index in [1.54, 1.807) is 17.0 Å². The lowest BCUT2D eigenvalue weighted by atomic mass is 10.1. The lowest BCUT2D eigenvalue weighted by molar-refractivity contribution is -0.146. The normalized spacial score (nSPS) is 10.3. The van der Waals surface area contributed by atoms with Crippen molar-refractivity contribution in [1.82, 2.24) is 0 Å². The predicted octanol–water partition coefficient (Wildman–Crippen LogP) is 4.62. The Labute approximate surface area is 176 Å². The Balaban J connectivity index is 1.46. The van der Waals surface area contributed by atoms with Gasteiger partial charge in [0.1, 0.15) is 5.75 Å². The number of benzene rings is 3. The number of anilines is 1. The van der Waals surface area contributed by atoms with Crippen molar-refractivity contribution >= 4 is 17.6 Å². The Morgan fingerprint density at radius 2 is 1.37 bits per heavy atom. The Hall–Kier alpha value is -3.60. The summed E-state index contributed by atoms with van der Waals surface area (Å²) in [6, 6.07) is 28.5. The minimum atomic E-state index is -0.449. The molecule has 0 aromatic heterocycles. The molecule has 3 aromatic rings. The van der Waals surface area contributed by atoms with E-state index in [0.717, 1.165) is 11.3 Å². The number of esters is 1. The first kappa shape index (κ1) is 21.1. The van der Waals surface area contributed by atoms with E-state index in [1.807, 2.05) is 78.9 Å². The summed E-state index contributed by atoms with van der Waals surface area (Å²) in [5.74, 6) is 0.154. The summed E-state index contributed by atoms with van der Waals surface area (Å²) in [7, 11) is 0. The van der Waals surface area contributed by atoms with Crippen LogP contribution in [0.25, 0.3) is 0 Å². The molecule has 0 saturated carbocycles. The van der Waals surface area contributed by atoms with Crippen LogP contribution in [0.2, 0.25) is 0 Å². The maximum atomic E-state index is 12.9. The van der Waals surface area contributed by atoms with Crippen LogP contribution in [0.15, 0.2) is 91.0 Å². The number of carbonyl (C=O) groups excluding carboxylic acids is 2. The van der Waals surface area contributed by atoms with Crippen molar-refractivity contribution in [3.63, 3.8) is 0 Å². The number of hydrogen-bond acceptors (Lipinski definition) is 4. The second-order valence-corrected chi connectivity index (χ2v) is 6.73. The Morgan fingerprint density at radius 1 is 0.767 bits per heavy atom. The van der Waals surface area contributed by atoms with Gasteiger partial charge in [-0.25, -0.2) is 4.79 Å². The number of hydrogen-bond donors (Lipinski definition) is 0. The smallest absolute Gasteiger partial charge is 0.344 e. The Kier molecular flexibility index (Phi) is 8.03. The molecule has 5 nitrogen and oxygen atoms in total. The summed E-state index contributed by atoms with van der Waals surface area (Å²) < 4.78 is 10.5. The van der Waals surface area contributed by atoms with Gasteiger partial charge in [0.25, 0.3) is 0 Å². The van der Waals surface area contributed by atoms with Crippen molar-refractivity contribution < 1.29 is 19.1 Å². The van der Waals surface area contributed by atoms with Crippen molar-refractivity contribution in [2.45, 2.75) is 19.4 Å². The standard InChI is InChI=1S/C25H25NO4/c27-24(17-10-18-29-25(28)20-30-23-15-8-3-9-16-23)26(22-13-6-2-7-14-22)19-21-11-4-1-5-12-21/h1-9,11-16H,10,17-20H2. The van der Waals surface area contributed by atoms with E-state index >= 15 is 0 Å². The molecule has 3 rings (SSSR count). The van der Waals surface area contributed by atoms with Crippen molar-refractivity contribution in [2.24, 2.45) is 0 Å². The van der Waals surface area contributed by atoms with Crippen molar-refractivity contribution in [3.05, 3.63) is 96.6 Å². The quantitative estimate of drug-likeness (QED) is 0.366. The van der Waals surface area contributed by atoms with Crippen LogP contribution in [-0.2, 0) is 20.9 Å². The Bertz CT molecular complexity index is 914. The topological polar surface area (TPSA) is 55.8 Å². The maximum absolute atomic E-state index is 12.9. The van der Waals surface area contributed by atoms with Gasteiger partial charge in [-0.2, -0.15) is 0 Å². The number of nitrogens with zero attached hydrogens (tertiary/aromatic N) is 1. The third-order valence-electron chi connectivity index (χ3n) is 4.45. The first-order chi connectivity index (χ1) is 14.7. The molecule has 0 heterocycles. The van der Waals surface area contributed by atoms with Crippen LogP contribution >= 0.6 is 0 Å². The van der Waals surface area contributed by atoms with Crippen LogP contribution in [0.3, 0.4) is 0 Å². The van der Waals surface area contributed by atoms with Crippen LogP contribution in [0.5, 0.6) is 5.75 Å². The molecule has 0 aliphatic rings. The molecule has 0 fully saturated rings. The van der Waals surface area contributed by atoms with E-state index in [2.05, 4.69) is 0 Å². The number of para-hydroxylation sites is 2. The second-order valence-electron chi connectivity index (χ2n) is 6.73. The van der Waals surface area contributed by atoms with Crippen LogP contribution in [0, 0.1) is 0 Å². The van der Waals surface area contributed by atoms with E-state index in [-0.39, 0.29) is 25.5 Å². The van der Waals surface area contributed by atoms with E-state index in [1.165, 1.54) is 0 Å². The molecule has 1 amide bonds. The van der Waals surface area contributed by atoms with Gasteiger partial charge in [-0.05, 0) is 36.2 Å². The average molecular weight is 403 g/mol. The van der Waals surface area contributed by atoms with Crippen LogP contribution < -0.4 is 9.64 Å². The van der Waals surface area contributed by atoms with Gasteiger partial charge < -0.3 is 14.4 Å². The number of ether oxygens (including phenoxy) is 2. The summed E-state index contributed by atoms with van der Waals surface area (Å²) in [4.78, 5) is 26.4. The molecular weight excluding hydrogens is 378 g/mol. The SMILES string of the molecule is O=C(COc1ccccc1)OCCCC(=O)N(Cc1ccccc1)c1ccccc1. The monoisotopic (exact) mass is 403 g/mol. The molecule has 3 aromatic carbocycles. The summed E-state index contributed by atoms with van der Waals surface area (Å²) in [6.07, 6.45) is 0.739. The van der Waals surface area contributed by atoms with Gasteiger partial charge in [0.15, 0.2) is 6.61 Å². The number of amides is 1. The van der Waals surface area contributed by atoms with Gasteiger partial charge in [0, 0.05) is 12.1 Å². The molecule has 0 aliphatic heterocycles. The third-order valence-corrected chi connectivity index (χ3v) is 4.45. The third kappa shape index (κ3) is 6.78. The lowest BCUT2D eigenvalue weighted by Crippen LogP contribution is -2.30. The minimum Gasteiger partial charge on any atom is -0.482 e. The first-order valence-corrected chi connectivity index (χ1v) is 9.95. The first-order valence-electron chi connectivity index (χ1n) is 9.95. The average Bonchev–Trinajstić information content (AvgIpc) is 2.81. The van der Waals surface area contributed by atoms with Crippen LogP contribution in [-0.4, -0.2) is 25.1 Å². The Morgan fingerprint density at radius 3 is 2.03 bits per heavy atom. The van der Waals surface area contributed by atoms with Gasteiger partial charge in [0.05, 0.1) is 13.2 Å². The molecule has 154 valence electrons. The lowest BCUT2D eigenvalue weighted by Gasteiger charge is -2.23. The maximum Gasteiger partial charge on any atom is 0.344 e. The molecule has 0 bridgehead atoms. The largest absolute Gasteiger partial charge is 0.482 e. The van der Waals surface area contributed by atoms with Gasteiger partial charge in [0.2, 0.25) is 5.91 Å². The molecule has 0 atom stereocenters. The fraction of sp³-hybridized carbons (Fsp3) is 0.200. The summed E-state index contributed by atoms with van der Waals surface area (Å²) in [5, 5.41) is 0. The van der Waals surface area contributed by atoms with E-state index < -0.39 is 5.97 Å².